The normalized spacial score (nSPS) is 16.6. The molecular formula is C14H17N3O3. The average Bonchev–Trinajstić information content (AvgIpc) is 3.11. The van der Waals surface area contributed by atoms with Crippen LogP contribution in [-0.2, 0) is 6.54 Å². The zero-order valence-electron chi connectivity index (χ0n) is 11.4. The molecule has 106 valence electrons. The van der Waals surface area contributed by atoms with Gasteiger partial charge in [-0.1, -0.05) is 5.16 Å². The predicted octanol–water partition coefficient (Wildman–Crippen LogP) is 1.53. The van der Waals surface area contributed by atoms with E-state index < -0.39 is 0 Å². The summed E-state index contributed by atoms with van der Waals surface area (Å²) in [4.78, 5) is 16.3. The maximum atomic E-state index is 12.1. The standard InChI is InChI=1S/C14H17N3O3/c1-11-8-13(20-15-11)9-16-3-5-17(6-4-16)14(18)12-2-7-19-10-12/h2,7-8,10H,3-6,9H2,1H3. The van der Waals surface area contributed by atoms with Crippen LogP contribution in [0.5, 0.6) is 0 Å². The topological polar surface area (TPSA) is 62.7 Å². The van der Waals surface area contributed by atoms with Crippen molar-refractivity contribution >= 4 is 5.91 Å². The highest BCUT2D eigenvalue weighted by molar-refractivity contribution is 5.93. The van der Waals surface area contributed by atoms with Crippen LogP contribution in [0.15, 0.2) is 33.6 Å². The van der Waals surface area contributed by atoms with Gasteiger partial charge >= 0.3 is 0 Å². The molecule has 1 aliphatic heterocycles. The summed E-state index contributed by atoms with van der Waals surface area (Å²) in [6, 6.07) is 3.65. The quantitative estimate of drug-likeness (QED) is 0.850. The van der Waals surface area contributed by atoms with Crippen molar-refractivity contribution in [1.82, 2.24) is 15.0 Å². The number of rotatable bonds is 3. The summed E-state index contributed by atoms with van der Waals surface area (Å²) < 4.78 is 10.2. The van der Waals surface area contributed by atoms with Crippen molar-refractivity contribution < 1.29 is 13.7 Å². The molecule has 6 heteroatoms. The molecule has 1 saturated heterocycles. The van der Waals surface area contributed by atoms with Crippen molar-refractivity contribution in [1.29, 1.82) is 0 Å². The predicted molar refractivity (Wildman–Crippen MR) is 71.1 cm³/mol. The minimum absolute atomic E-state index is 0.0360. The van der Waals surface area contributed by atoms with Crippen LogP contribution in [0.1, 0.15) is 21.8 Å². The Morgan fingerprint density at radius 2 is 2.15 bits per heavy atom. The molecule has 0 aromatic carbocycles. The van der Waals surface area contributed by atoms with E-state index in [1.807, 2.05) is 17.9 Å². The molecule has 1 amide bonds. The zero-order valence-corrected chi connectivity index (χ0v) is 11.4. The van der Waals surface area contributed by atoms with E-state index in [9.17, 15) is 4.79 Å². The molecule has 0 N–H and O–H groups in total. The second kappa shape index (κ2) is 5.50. The fourth-order valence-electron chi connectivity index (χ4n) is 2.39. The van der Waals surface area contributed by atoms with E-state index in [0.717, 1.165) is 44.2 Å². The highest BCUT2D eigenvalue weighted by atomic mass is 16.5. The molecule has 1 aliphatic rings. The van der Waals surface area contributed by atoms with Crippen molar-refractivity contribution in [3.8, 4) is 0 Å². The van der Waals surface area contributed by atoms with E-state index in [2.05, 4.69) is 10.1 Å². The van der Waals surface area contributed by atoms with Crippen LogP contribution in [0.4, 0.5) is 0 Å². The molecular weight excluding hydrogens is 258 g/mol. The maximum absolute atomic E-state index is 12.1. The molecule has 20 heavy (non-hydrogen) atoms. The molecule has 6 nitrogen and oxygen atoms in total. The molecule has 1 fully saturated rings. The van der Waals surface area contributed by atoms with Gasteiger partial charge in [-0.25, -0.2) is 0 Å². The van der Waals surface area contributed by atoms with E-state index in [0.29, 0.717) is 5.56 Å². The van der Waals surface area contributed by atoms with Crippen molar-refractivity contribution in [3.63, 3.8) is 0 Å². The molecule has 0 spiro atoms. The molecule has 0 bridgehead atoms. The molecule has 2 aromatic rings. The lowest BCUT2D eigenvalue weighted by molar-refractivity contribution is 0.0617. The number of aryl methyl sites for hydroxylation is 1. The molecule has 2 aromatic heterocycles. The van der Waals surface area contributed by atoms with Crippen LogP contribution < -0.4 is 0 Å². The van der Waals surface area contributed by atoms with Gasteiger partial charge in [-0.05, 0) is 13.0 Å². The van der Waals surface area contributed by atoms with E-state index in [-0.39, 0.29) is 5.91 Å². The third-order valence-electron chi connectivity index (χ3n) is 3.48. The number of carbonyl (C=O) groups excluding carboxylic acids is 1. The van der Waals surface area contributed by atoms with Gasteiger partial charge in [0.25, 0.3) is 5.91 Å². The number of furan rings is 1. The van der Waals surface area contributed by atoms with Crippen molar-refractivity contribution in [2.24, 2.45) is 0 Å². The summed E-state index contributed by atoms with van der Waals surface area (Å²) in [5, 5.41) is 3.88. The first-order chi connectivity index (χ1) is 9.72. The first kappa shape index (κ1) is 12.9. The molecule has 3 rings (SSSR count). The number of hydrogen-bond acceptors (Lipinski definition) is 5. The molecule has 0 saturated carbocycles. The van der Waals surface area contributed by atoms with Crippen LogP contribution in [0.25, 0.3) is 0 Å². The van der Waals surface area contributed by atoms with Crippen molar-refractivity contribution in [2.75, 3.05) is 26.2 Å². The monoisotopic (exact) mass is 275 g/mol. The third kappa shape index (κ3) is 2.75. The van der Waals surface area contributed by atoms with Gasteiger partial charge < -0.3 is 13.8 Å². The second-order valence-electron chi connectivity index (χ2n) is 5.01. The summed E-state index contributed by atoms with van der Waals surface area (Å²) >= 11 is 0. The van der Waals surface area contributed by atoms with Crippen LogP contribution in [0.3, 0.4) is 0 Å². The van der Waals surface area contributed by atoms with E-state index in [4.69, 9.17) is 8.94 Å². The lowest BCUT2D eigenvalue weighted by Crippen LogP contribution is -2.48. The first-order valence-corrected chi connectivity index (χ1v) is 6.68. The summed E-state index contributed by atoms with van der Waals surface area (Å²) in [5.74, 6) is 0.908. The number of hydrogen-bond donors (Lipinski definition) is 0. The van der Waals surface area contributed by atoms with Crippen LogP contribution >= 0.6 is 0 Å². The smallest absolute Gasteiger partial charge is 0.257 e. The second-order valence-corrected chi connectivity index (χ2v) is 5.01. The maximum Gasteiger partial charge on any atom is 0.257 e. The van der Waals surface area contributed by atoms with E-state index >= 15 is 0 Å². The Hall–Kier alpha value is -2.08. The Kier molecular flexibility index (Phi) is 3.56. The molecule has 0 unspecified atom stereocenters. The van der Waals surface area contributed by atoms with Gasteiger partial charge in [0, 0.05) is 32.2 Å². The van der Waals surface area contributed by atoms with Gasteiger partial charge in [0.2, 0.25) is 0 Å². The number of aromatic nitrogens is 1. The Balaban J connectivity index is 1.53. The summed E-state index contributed by atoms with van der Waals surface area (Å²) in [6.07, 6.45) is 3.02. The Morgan fingerprint density at radius 1 is 1.35 bits per heavy atom. The van der Waals surface area contributed by atoms with Gasteiger partial charge in [-0.15, -0.1) is 0 Å². The zero-order chi connectivity index (χ0) is 13.9. The van der Waals surface area contributed by atoms with E-state index in [1.54, 1.807) is 6.07 Å². The molecule has 0 aliphatic carbocycles. The van der Waals surface area contributed by atoms with Gasteiger partial charge in [0.05, 0.1) is 24.1 Å². The number of amides is 1. The lowest BCUT2D eigenvalue weighted by Gasteiger charge is -2.33. The van der Waals surface area contributed by atoms with E-state index in [1.165, 1.54) is 12.5 Å². The van der Waals surface area contributed by atoms with Gasteiger partial charge in [0.15, 0.2) is 5.76 Å². The summed E-state index contributed by atoms with van der Waals surface area (Å²) in [5.41, 5.74) is 1.51. The minimum Gasteiger partial charge on any atom is -0.472 e. The average molecular weight is 275 g/mol. The van der Waals surface area contributed by atoms with Crippen LogP contribution in [-0.4, -0.2) is 47.0 Å². The van der Waals surface area contributed by atoms with Gasteiger partial charge in [0.1, 0.15) is 6.26 Å². The minimum atomic E-state index is 0.0360. The summed E-state index contributed by atoms with van der Waals surface area (Å²) in [7, 11) is 0. The molecule has 0 radical (unpaired) electrons. The Labute approximate surface area is 116 Å². The lowest BCUT2D eigenvalue weighted by atomic mass is 10.2. The Morgan fingerprint density at radius 3 is 2.75 bits per heavy atom. The van der Waals surface area contributed by atoms with Crippen molar-refractivity contribution in [2.45, 2.75) is 13.5 Å². The highest BCUT2D eigenvalue weighted by Gasteiger charge is 2.23. The SMILES string of the molecule is Cc1cc(CN2CCN(C(=O)c3ccoc3)CC2)on1. The van der Waals surface area contributed by atoms with Crippen molar-refractivity contribution in [3.05, 3.63) is 41.7 Å². The van der Waals surface area contributed by atoms with Crippen LogP contribution in [0.2, 0.25) is 0 Å². The number of carbonyl (C=O) groups is 1. The molecule has 3 heterocycles. The number of nitrogens with zero attached hydrogens (tertiary/aromatic N) is 3. The van der Waals surface area contributed by atoms with Gasteiger partial charge in [-0.2, -0.15) is 0 Å². The first-order valence-electron chi connectivity index (χ1n) is 6.68. The summed E-state index contributed by atoms with van der Waals surface area (Å²) in [6.45, 7) is 5.77. The highest BCUT2D eigenvalue weighted by Crippen LogP contribution is 2.12. The fourth-order valence-corrected chi connectivity index (χ4v) is 2.39. The van der Waals surface area contributed by atoms with Crippen LogP contribution in [0, 0.1) is 6.92 Å². The third-order valence-corrected chi connectivity index (χ3v) is 3.48. The fraction of sp³-hybridized carbons (Fsp3) is 0.429. The number of piperazine rings is 1. The Bertz CT molecular complexity index is 568. The molecule has 0 atom stereocenters. The van der Waals surface area contributed by atoms with Gasteiger partial charge in [-0.3, -0.25) is 9.69 Å². The largest absolute Gasteiger partial charge is 0.472 e.